The number of anilines is 1. The maximum atomic E-state index is 13.1. The zero-order chi connectivity index (χ0) is 29.0. The molecule has 1 saturated heterocycles. The Hall–Kier alpha value is -1.58. The number of hydrogen-bond acceptors (Lipinski definition) is 16. The van der Waals surface area contributed by atoms with Crippen molar-refractivity contribution in [2.24, 2.45) is 16.6 Å². The molecule has 4 rings (SSSR count). The van der Waals surface area contributed by atoms with Crippen molar-refractivity contribution >= 4 is 104 Å². The molecule has 2 aromatic rings. The van der Waals surface area contributed by atoms with Crippen molar-refractivity contribution in [1.82, 2.24) is 20.2 Å². The van der Waals surface area contributed by atoms with Crippen molar-refractivity contribution in [3.05, 3.63) is 31.2 Å². The molecule has 13 nitrogen and oxygen atoms in total. The summed E-state index contributed by atoms with van der Waals surface area (Å²) in [7, 11) is 0. The third-order valence-corrected chi connectivity index (χ3v) is 12.5. The van der Waals surface area contributed by atoms with Gasteiger partial charge in [-0.25, -0.2) is 14.8 Å². The number of nitrogens with zero attached hydrogens (tertiary/aromatic N) is 4. The minimum absolute atomic E-state index is 0.0389. The van der Waals surface area contributed by atoms with Crippen LogP contribution in [0.25, 0.3) is 0 Å². The number of aromatic nitrogens is 2. The number of fused-ring (bicyclic) bond motifs is 1. The Balaban J connectivity index is 1.53. The lowest BCUT2D eigenvalue weighted by Crippen LogP contribution is -2.70. The van der Waals surface area contributed by atoms with Gasteiger partial charge < -0.3 is 27.6 Å². The number of carbonyl (C=O) groups excluding carboxylic acids is 2. The number of halogens is 1. The van der Waals surface area contributed by atoms with Crippen molar-refractivity contribution in [2.45, 2.75) is 31.8 Å². The molecule has 0 bridgehead atoms. The van der Waals surface area contributed by atoms with Crippen molar-refractivity contribution < 1.29 is 19.5 Å². The summed E-state index contributed by atoms with van der Waals surface area (Å²) in [4.78, 5) is 60.0. The fraction of sp³-hybridized carbons (Fsp3) is 0.450. The summed E-state index contributed by atoms with van der Waals surface area (Å²) in [6.45, 7) is 1.03. The van der Waals surface area contributed by atoms with Gasteiger partial charge >= 0.3 is 5.97 Å². The van der Waals surface area contributed by atoms with E-state index < -0.39 is 35.2 Å². The first-order valence-corrected chi connectivity index (χ1v) is 17.5. The number of carbonyl (C=O) groups is 3. The summed E-state index contributed by atoms with van der Waals surface area (Å²) in [6.07, 6.45) is 0. The van der Waals surface area contributed by atoms with E-state index in [0.29, 0.717) is 29.5 Å². The van der Waals surface area contributed by atoms with Gasteiger partial charge in [-0.15, -0.1) is 28.0 Å². The highest BCUT2D eigenvalue weighted by Gasteiger charge is 2.55. The molecule has 0 saturated carbocycles. The minimum Gasteiger partial charge on any atom is -0.477 e. The van der Waals surface area contributed by atoms with Gasteiger partial charge in [-0.3, -0.25) is 14.5 Å². The zero-order valence-electron chi connectivity index (χ0n) is 20.4. The van der Waals surface area contributed by atoms with Crippen LogP contribution in [-0.2, 0) is 20.1 Å². The van der Waals surface area contributed by atoms with Gasteiger partial charge in [0.1, 0.15) is 27.1 Å². The van der Waals surface area contributed by atoms with E-state index in [1.54, 1.807) is 11.8 Å². The van der Waals surface area contributed by atoms with Gasteiger partial charge in [0.15, 0.2) is 9.47 Å². The molecule has 3 atom stereocenters. The van der Waals surface area contributed by atoms with Crippen LogP contribution in [0.1, 0.15) is 17.4 Å². The van der Waals surface area contributed by atoms with E-state index in [9.17, 15) is 24.4 Å². The second-order valence-corrected chi connectivity index (χ2v) is 15.5. The molecule has 1 fully saturated rings. The predicted octanol–water partition coefficient (Wildman–Crippen LogP) is 2.37. The van der Waals surface area contributed by atoms with Crippen molar-refractivity contribution in [3.63, 3.8) is 0 Å². The smallest absolute Gasteiger partial charge is 0.353 e. The summed E-state index contributed by atoms with van der Waals surface area (Å²) in [5.41, 5.74) is 17.4. The number of thiazole rings is 2. The standard InChI is InChI=1S/C20H23ClN8O5S6/c21-13-9(27-19(24)39-13)10(28-34)14(30)26-11-15(31)29-12(17(32)33)8(6-37-16(11)29)38-18-7(5-35-3-1-22)25-20(40-18)36-4-2-23/h10-11,16H,1-6,22-23H2,(H2,24,27)(H,26,30)(H,32,33). The number of hydrogen-bond donors (Lipinski definition) is 5. The average Bonchev–Trinajstić information content (AvgIpc) is 3.47. The lowest BCUT2D eigenvalue weighted by atomic mass is 10.0. The lowest BCUT2D eigenvalue weighted by molar-refractivity contribution is -0.150. The van der Waals surface area contributed by atoms with Crippen LogP contribution in [0, 0.1) is 4.91 Å². The van der Waals surface area contributed by atoms with E-state index in [-0.39, 0.29) is 26.6 Å². The SMILES string of the molecule is NCCSCc1nc(SCCN)sc1SC1=C(C(=O)O)N2C(=O)C(NC(=O)C(N=O)c3nc(N)sc3Cl)C2SC1. The molecule has 4 heterocycles. The number of amides is 2. The first-order valence-electron chi connectivity index (χ1n) is 11.4. The number of β-lactam (4-membered cyclic amide) rings is 1. The maximum Gasteiger partial charge on any atom is 0.353 e. The van der Waals surface area contributed by atoms with Crippen LogP contribution >= 0.6 is 81.3 Å². The van der Waals surface area contributed by atoms with Crippen molar-refractivity contribution in [3.8, 4) is 0 Å². The van der Waals surface area contributed by atoms with Gasteiger partial charge in [0, 0.05) is 41.0 Å². The molecule has 2 aliphatic rings. The predicted molar refractivity (Wildman–Crippen MR) is 163 cm³/mol. The number of carboxylic acid groups (broad SMARTS) is 1. The molecule has 0 aliphatic carbocycles. The molecule has 20 heteroatoms. The van der Waals surface area contributed by atoms with Gasteiger partial charge in [0.2, 0.25) is 6.04 Å². The van der Waals surface area contributed by atoms with Crippen LogP contribution < -0.4 is 22.5 Å². The highest BCUT2D eigenvalue weighted by molar-refractivity contribution is 8.08. The van der Waals surface area contributed by atoms with Crippen LogP contribution in [0.2, 0.25) is 4.34 Å². The van der Waals surface area contributed by atoms with Crippen molar-refractivity contribution in [1.29, 1.82) is 0 Å². The van der Waals surface area contributed by atoms with Crippen LogP contribution in [0.15, 0.2) is 24.3 Å². The van der Waals surface area contributed by atoms with Gasteiger partial charge in [0.05, 0.1) is 9.90 Å². The fourth-order valence-electron chi connectivity index (χ4n) is 3.68. The third-order valence-electron chi connectivity index (χ3n) is 5.37. The van der Waals surface area contributed by atoms with Crippen molar-refractivity contribution in [2.75, 3.05) is 36.1 Å². The Morgan fingerprint density at radius 1 is 1.25 bits per heavy atom. The monoisotopic (exact) mass is 682 g/mol. The normalized spacial score (nSPS) is 19.3. The minimum atomic E-state index is -1.61. The van der Waals surface area contributed by atoms with E-state index in [0.717, 1.165) is 36.2 Å². The molecule has 40 heavy (non-hydrogen) atoms. The highest BCUT2D eigenvalue weighted by atomic mass is 35.5. The topological polar surface area (TPSA) is 220 Å². The van der Waals surface area contributed by atoms with Gasteiger partial charge in [-0.1, -0.05) is 46.5 Å². The number of nitrogens with one attached hydrogen (secondary N) is 1. The van der Waals surface area contributed by atoms with E-state index in [2.05, 4.69) is 15.5 Å². The maximum absolute atomic E-state index is 13.1. The number of carboxylic acids is 1. The summed E-state index contributed by atoms with van der Waals surface area (Å²) >= 11 is 14.1. The van der Waals surface area contributed by atoms with E-state index in [1.807, 2.05) is 0 Å². The number of nitrogen functional groups attached to an aromatic ring is 1. The lowest BCUT2D eigenvalue weighted by Gasteiger charge is -2.49. The first-order chi connectivity index (χ1) is 19.2. The molecular weight excluding hydrogens is 660 g/mol. The number of aliphatic carboxylic acids is 1. The molecule has 0 radical (unpaired) electrons. The molecule has 2 aromatic heterocycles. The molecule has 0 spiro atoms. The molecule has 0 aromatic carbocycles. The Kier molecular flexibility index (Phi) is 11.0. The number of rotatable bonds is 14. The molecule has 216 valence electrons. The Bertz CT molecular complexity index is 1340. The molecule has 3 unspecified atom stereocenters. The largest absolute Gasteiger partial charge is 0.477 e. The molecule has 8 N–H and O–H groups in total. The fourth-order valence-corrected chi connectivity index (χ4v) is 10.5. The summed E-state index contributed by atoms with van der Waals surface area (Å²) < 4.78 is 1.71. The highest BCUT2D eigenvalue weighted by Crippen LogP contribution is 2.48. The summed E-state index contributed by atoms with van der Waals surface area (Å²) in [5.74, 6) is -0.399. The van der Waals surface area contributed by atoms with Crippen LogP contribution in [0.5, 0.6) is 0 Å². The second kappa shape index (κ2) is 14.1. The van der Waals surface area contributed by atoms with E-state index >= 15 is 0 Å². The zero-order valence-corrected chi connectivity index (χ0v) is 26.1. The molecular formula is C20H23ClN8O5S6. The Morgan fingerprint density at radius 2 is 2.00 bits per heavy atom. The van der Waals surface area contributed by atoms with Gasteiger partial charge in [0.25, 0.3) is 11.8 Å². The second-order valence-electron chi connectivity index (χ2n) is 7.99. The molecule has 2 amide bonds. The summed E-state index contributed by atoms with van der Waals surface area (Å²) in [5, 5.41) is 14.8. The van der Waals surface area contributed by atoms with Crippen LogP contribution in [0.4, 0.5) is 5.13 Å². The number of nitroso groups, excluding NO2 is 1. The molecule has 2 aliphatic heterocycles. The quantitative estimate of drug-likeness (QED) is 0.0836. The Labute approximate surface area is 258 Å². The number of thioether (sulfide) groups is 4. The average molecular weight is 683 g/mol. The van der Waals surface area contributed by atoms with Crippen LogP contribution in [0.3, 0.4) is 0 Å². The first kappa shape index (κ1) is 31.4. The van der Waals surface area contributed by atoms with Gasteiger partial charge in [-0.05, 0) is 5.18 Å². The Morgan fingerprint density at radius 3 is 2.62 bits per heavy atom. The van der Waals surface area contributed by atoms with E-state index in [1.165, 1.54) is 46.6 Å². The summed E-state index contributed by atoms with van der Waals surface area (Å²) in [6, 6.07) is -2.66. The van der Waals surface area contributed by atoms with Gasteiger partial charge in [-0.2, -0.15) is 11.8 Å². The van der Waals surface area contributed by atoms with E-state index in [4.69, 9.17) is 33.8 Å². The van der Waals surface area contributed by atoms with Crippen LogP contribution in [-0.4, -0.2) is 79.5 Å². The number of nitrogens with two attached hydrogens (primary N) is 3. The third kappa shape index (κ3) is 6.73.